The van der Waals surface area contributed by atoms with E-state index in [1.54, 1.807) is 0 Å². The maximum atomic E-state index is 12.2. The normalized spacial score (nSPS) is 15.3. The van der Waals surface area contributed by atoms with Crippen LogP contribution in [-0.2, 0) is 4.79 Å². The van der Waals surface area contributed by atoms with Crippen molar-refractivity contribution in [3.8, 4) is 5.75 Å². The second-order valence-electron chi connectivity index (χ2n) is 5.81. The first-order valence-electron chi connectivity index (χ1n) is 7.75. The average Bonchev–Trinajstić information content (AvgIpc) is 2.50. The molecule has 4 nitrogen and oxygen atoms in total. The summed E-state index contributed by atoms with van der Waals surface area (Å²) in [5, 5.41) is 3.28. The van der Waals surface area contributed by atoms with Gasteiger partial charge in [0.25, 0.3) is 0 Å². The Bertz CT molecular complexity index is 486. The molecule has 5 heteroatoms. The van der Waals surface area contributed by atoms with Crippen LogP contribution in [0.2, 0.25) is 0 Å². The zero-order valence-corrected chi connectivity index (χ0v) is 14.5. The lowest BCUT2D eigenvalue weighted by molar-refractivity contribution is -0.132. The minimum atomic E-state index is 0. The summed E-state index contributed by atoms with van der Waals surface area (Å²) in [4.78, 5) is 14.1. The van der Waals surface area contributed by atoms with Crippen LogP contribution in [0.4, 0.5) is 0 Å². The van der Waals surface area contributed by atoms with Gasteiger partial charge in [-0.15, -0.1) is 12.4 Å². The number of carbonyl (C=O) groups excluding carboxylic acids is 1. The first-order chi connectivity index (χ1) is 10.1. The molecule has 0 saturated carbocycles. The van der Waals surface area contributed by atoms with Gasteiger partial charge < -0.3 is 15.0 Å². The maximum absolute atomic E-state index is 12.2. The second kappa shape index (κ2) is 9.01. The van der Waals surface area contributed by atoms with Gasteiger partial charge in [0, 0.05) is 19.1 Å². The number of hydrogen-bond acceptors (Lipinski definition) is 3. The molecule has 1 heterocycles. The summed E-state index contributed by atoms with van der Waals surface area (Å²) in [6, 6.07) is 6.70. The largest absolute Gasteiger partial charge is 0.493 e. The van der Waals surface area contributed by atoms with Gasteiger partial charge >= 0.3 is 0 Å². The first-order valence-corrected chi connectivity index (χ1v) is 7.75. The van der Waals surface area contributed by atoms with E-state index in [0.717, 1.165) is 37.2 Å². The Morgan fingerprint density at radius 2 is 2.00 bits per heavy atom. The Labute approximate surface area is 139 Å². The smallest absolute Gasteiger partial charge is 0.225 e. The van der Waals surface area contributed by atoms with Crippen molar-refractivity contribution in [2.24, 2.45) is 0 Å². The molecular formula is C17H27ClN2O2. The van der Waals surface area contributed by atoms with E-state index in [-0.39, 0.29) is 18.3 Å². The maximum Gasteiger partial charge on any atom is 0.225 e. The average molecular weight is 327 g/mol. The van der Waals surface area contributed by atoms with Crippen molar-refractivity contribution in [1.29, 1.82) is 0 Å². The van der Waals surface area contributed by atoms with Gasteiger partial charge in [0.2, 0.25) is 5.91 Å². The summed E-state index contributed by atoms with van der Waals surface area (Å²) in [6.45, 7) is 6.24. The number of piperidine rings is 1. The summed E-state index contributed by atoms with van der Waals surface area (Å²) in [7, 11) is 1.99. The predicted octanol–water partition coefficient (Wildman–Crippen LogP) is 2.70. The molecule has 1 saturated heterocycles. The highest BCUT2D eigenvalue weighted by Gasteiger charge is 2.21. The molecule has 2 rings (SSSR count). The Morgan fingerprint density at radius 3 is 2.64 bits per heavy atom. The third-order valence-electron chi connectivity index (χ3n) is 4.17. The molecule has 124 valence electrons. The molecule has 1 fully saturated rings. The summed E-state index contributed by atoms with van der Waals surface area (Å²) in [5.74, 6) is 1.09. The third-order valence-corrected chi connectivity index (χ3v) is 4.17. The number of ether oxygens (including phenoxy) is 1. The molecular weight excluding hydrogens is 300 g/mol. The van der Waals surface area contributed by atoms with Gasteiger partial charge in [-0.2, -0.15) is 0 Å². The lowest BCUT2D eigenvalue weighted by Crippen LogP contribution is -2.44. The lowest BCUT2D eigenvalue weighted by atomic mass is 10.1. The summed E-state index contributed by atoms with van der Waals surface area (Å²) < 4.78 is 5.76. The summed E-state index contributed by atoms with van der Waals surface area (Å²) in [5.41, 5.74) is 2.29. The molecule has 0 unspecified atom stereocenters. The molecule has 1 N–H and O–H groups in total. The van der Waals surface area contributed by atoms with Crippen molar-refractivity contribution in [3.63, 3.8) is 0 Å². The minimum Gasteiger partial charge on any atom is -0.493 e. The Morgan fingerprint density at radius 1 is 1.32 bits per heavy atom. The van der Waals surface area contributed by atoms with E-state index in [1.165, 1.54) is 5.56 Å². The van der Waals surface area contributed by atoms with Gasteiger partial charge in [-0.3, -0.25) is 4.79 Å². The lowest BCUT2D eigenvalue weighted by Gasteiger charge is -2.31. The van der Waals surface area contributed by atoms with Gasteiger partial charge in [0.05, 0.1) is 13.0 Å². The van der Waals surface area contributed by atoms with E-state index < -0.39 is 0 Å². The topological polar surface area (TPSA) is 41.6 Å². The van der Waals surface area contributed by atoms with Crippen LogP contribution < -0.4 is 10.1 Å². The Balaban J connectivity index is 0.00000242. The molecule has 1 aliphatic heterocycles. The fourth-order valence-electron chi connectivity index (χ4n) is 2.69. The molecule has 0 bridgehead atoms. The highest BCUT2D eigenvalue weighted by atomic mass is 35.5. The molecule has 0 aromatic heterocycles. The highest BCUT2D eigenvalue weighted by molar-refractivity contribution is 5.85. The zero-order chi connectivity index (χ0) is 15.2. The molecule has 0 atom stereocenters. The van der Waals surface area contributed by atoms with E-state index in [0.29, 0.717) is 19.1 Å². The fourth-order valence-corrected chi connectivity index (χ4v) is 2.69. The molecule has 1 aliphatic rings. The van der Waals surface area contributed by atoms with Gasteiger partial charge in [-0.05, 0) is 50.9 Å². The molecule has 1 aromatic carbocycles. The van der Waals surface area contributed by atoms with Crippen molar-refractivity contribution in [1.82, 2.24) is 10.2 Å². The minimum absolute atomic E-state index is 0. The summed E-state index contributed by atoms with van der Waals surface area (Å²) >= 11 is 0. The van der Waals surface area contributed by atoms with Crippen molar-refractivity contribution in [3.05, 3.63) is 29.3 Å². The quantitative estimate of drug-likeness (QED) is 0.904. The van der Waals surface area contributed by atoms with Crippen molar-refractivity contribution < 1.29 is 9.53 Å². The van der Waals surface area contributed by atoms with Crippen molar-refractivity contribution in [2.45, 2.75) is 39.2 Å². The molecule has 0 aliphatic carbocycles. The standard InChI is InChI=1S/C17H26N2O2.ClH/c1-13-4-5-14(2)16(12-13)21-11-8-17(20)19-9-6-15(18-3)7-10-19;/h4-5,12,15,18H,6-11H2,1-3H3;1H. The van der Waals surface area contributed by atoms with Crippen LogP contribution in [0.25, 0.3) is 0 Å². The highest BCUT2D eigenvalue weighted by Crippen LogP contribution is 2.19. The molecule has 0 radical (unpaired) electrons. The van der Waals surface area contributed by atoms with E-state index in [2.05, 4.69) is 17.4 Å². The van der Waals surface area contributed by atoms with Gasteiger partial charge in [0.15, 0.2) is 0 Å². The summed E-state index contributed by atoms with van der Waals surface area (Å²) in [6.07, 6.45) is 2.54. The van der Waals surface area contributed by atoms with Gasteiger partial charge in [-0.1, -0.05) is 12.1 Å². The van der Waals surface area contributed by atoms with Crippen LogP contribution in [-0.4, -0.2) is 43.6 Å². The monoisotopic (exact) mass is 326 g/mol. The van der Waals surface area contributed by atoms with Crippen LogP contribution in [0.3, 0.4) is 0 Å². The number of rotatable bonds is 5. The number of benzene rings is 1. The van der Waals surface area contributed by atoms with Gasteiger partial charge in [0.1, 0.15) is 5.75 Å². The van der Waals surface area contributed by atoms with Crippen LogP contribution in [0.5, 0.6) is 5.75 Å². The molecule has 1 aromatic rings. The van der Waals surface area contributed by atoms with E-state index >= 15 is 0 Å². The zero-order valence-electron chi connectivity index (χ0n) is 13.7. The van der Waals surface area contributed by atoms with E-state index in [9.17, 15) is 4.79 Å². The first kappa shape index (κ1) is 18.8. The van der Waals surface area contributed by atoms with Gasteiger partial charge in [-0.25, -0.2) is 0 Å². The molecule has 22 heavy (non-hydrogen) atoms. The third kappa shape index (κ3) is 5.18. The number of nitrogens with zero attached hydrogens (tertiary/aromatic N) is 1. The number of likely N-dealkylation sites (tertiary alicyclic amines) is 1. The fraction of sp³-hybridized carbons (Fsp3) is 0.588. The second-order valence-corrected chi connectivity index (χ2v) is 5.81. The predicted molar refractivity (Wildman–Crippen MR) is 91.9 cm³/mol. The van der Waals surface area contributed by atoms with Crippen LogP contribution in [0, 0.1) is 13.8 Å². The number of nitrogens with one attached hydrogen (secondary N) is 1. The SMILES string of the molecule is CNC1CCN(C(=O)CCOc2cc(C)ccc2C)CC1.Cl. The Hall–Kier alpha value is -1.26. The number of carbonyl (C=O) groups is 1. The number of amides is 1. The van der Waals surface area contributed by atoms with Crippen LogP contribution >= 0.6 is 12.4 Å². The molecule has 1 amide bonds. The van der Waals surface area contributed by atoms with Crippen molar-refractivity contribution in [2.75, 3.05) is 26.7 Å². The number of aryl methyl sites for hydroxylation is 2. The van der Waals surface area contributed by atoms with Crippen LogP contribution in [0.15, 0.2) is 18.2 Å². The number of hydrogen-bond donors (Lipinski definition) is 1. The number of halogens is 1. The Kier molecular flexibility index (Phi) is 7.69. The molecule has 0 spiro atoms. The van der Waals surface area contributed by atoms with E-state index in [1.807, 2.05) is 31.9 Å². The van der Waals surface area contributed by atoms with Crippen LogP contribution in [0.1, 0.15) is 30.4 Å². The van der Waals surface area contributed by atoms with Crippen molar-refractivity contribution >= 4 is 18.3 Å². The van der Waals surface area contributed by atoms with E-state index in [4.69, 9.17) is 4.74 Å².